The first-order valence-corrected chi connectivity index (χ1v) is 8.67. The molecule has 6 nitrogen and oxygen atoms in total. The van der Waals surface area contributed by atoms with Gasteiger partial charge >= 0.3 is 6.03 Å². The molecule has 0 saturated carbocycles. The van der Waals surface area contributed by atoms with E-state index in [4.69, 9.17) is 4.74 Å². The van der Waals surface area contributed by atoms with Crippen LogP contribution in [0.5, 0.6) is 0 Å². The minimum Gasteiger partial charge on any atom is -0.379 e. The van der Waals surface area contributed by atoms with Gasteiger partial charge < -0.3 is 20.3 Å². The summed E-state index contributed by atoms with van der Waals surface area (Å²) in [5.41, 5.74) is 3.31. The number of carbonyl (C=O) groups is 1. The van der Waals surface area contributed by atoms with Crippen LogP contribution >= 0.6 is 0 Å². The quantitative estimate of drug-likeness (QED) is 0.884. The van der Waals surface area contributed by atoms with Crippen LogP contribution in [0.15, 0.2) is 18.2 Å². The van der Waals surface area contributed by atoms with Crippen molar-refractivity contribution in [1.82, 2.24) is 10.2 Å². The summed E-state index contributed by atoms with van der Waals surface area (Å²) in [5, 5.41) is 5.95. The molecule has 0 radical (unpaired) electrons. The van der Waals surface area contributed by atoms with Crippen LogP contribution in [0.3, 0.4) is 0 Å². The Kier molecular flexibility index (Phi) is 4.96. The third-order valence-corrected chi connectivity index (χ3v) is 5.02. The molecule has 1 saturated heterocycles. The molecule has 0 spiro atoms. The van der Waals surface area contributed by atoms with Crippen molar-refractivity contribution < 1.29 is 9.53 Å². The van der Waals surface area contributed by atoms with Crippen LogP contribution in [0.2, 0.25) is 0 Å². The highest BCUT2D eigenvalue weighted by atomic mass is 16.5. The lowest BCUT2D eigenvalue weighted by Crippen LogP contribution is -2.55. The Morgan fingerprint density at radius 2 is 2.00 bits per heavy atom. The maximum Gasteiger partial charge on any atom is 0.319 e. The third-order valence-electron chi connectivity index (χ3n) is 5.02. The summed E-state index contributed by atoms with van der Waals surface area (Å²) in [6.45, 7) is 9.30. The van der Waals surface area contributed by atoms with Crippen molar-refractivity contribution in [3.05, 3.63) is 23.8 Å². The van der Waals surface area contributed by atoms with Crippen LogP contribution < -0.4 is 15.5 Å². The molecular formula is C18H28N4O2. The Bertz CT molecular complexity index is 597. The van der Waals surface area contributed by atoms with E-state index >= 15 is 0 Å². The zero-order chi connectivity index (χ0) is 17.2. The van der Waals surface area contributed by atoms with E-state index < -0.39 is 0 Å². The number of rotatable bonds is 4. The molecule has 0 unspecified atom stereocenters. The normalized spacial score (nSPS) is 18.4. The fourth-order valence-electron chi connectivity index (χ4n) is 3.37. The fraction of sp³-hybridized carbons (Fsp3) is 0.611. The lowest BCUT2D eigenvalue weighted by atomic mass is 10.0. The summed E-state index contributed by atoms with van der Waals surface area (Å²) in [6.07, 6.45) is 1.08. The van der Waals surface area contributed by atoms with Crippen molar-refractivity contribution in [3.8, 4) is 0 Å². The summed E-state index contributed by atoms with van der Waals surface area (Å²) in [4.78, 5) is 16.8. The zero-order valence-electron chi connectivity index (χ0n) is 14.9. The number of fused-ring (bicyclic) bond motifs is 1. The summed E-state index contributed by atoms with van der Waals surface area (Å²) in [7, 11) is 2.08. The number of anilines is 2. The Balaban J connectivity index is 1.53. The minimum absolute atomic E-state index is 0.0841. The molecule has 2 amide bonds. The monoisotopic (exact) mass is 332 g/mol. The van der Waals surface area contributed by atoms with Gasteiger partial charge in [-0.1, -0.05) is 6.07 Å². The average molecular weight is 332 g/mol. The minimum atomic E-state index is -0.156. The number of morpholine rings is 1. The summed E-state index contributed by atoms with van der Waals surface area (Å²) >= 11 is 0. The molecule has 3 rings (SSSR count). The molecule has 2 N–H and O–H groups in total. The predicted octanol–water partition coefficient (Wildman–Crippen LogP) is 1.91. The Morgan fingerprint density at radius 1 is 1.25 bits per heavy atom. The van der Waals surface area contributed by atoms with Crippen molar-refractivity contribution in [2.24, 2.45) is 0 Å². The van der Waals surface area contributed by atoms with Gasteiger partial charge in [0.2, 0.25) is 0 Å². The smallest absolute Gasteiger partial charge is 0.319 e. The maximum atomic E-state index is 12.2. The number of ether oxygens (including phenoxy) is 1. The van der Waals surface area contributed by atoms with Crippen LogP contribution in [0, 0.1) is 0 Å². The van der Waals surface area contributed by atoms with Crippen molar-refractivity contribution in [1.29, 1.82) is 0 Å². The number of likely N-dealkylation sites (N-methyl/N-ethyl adjacent to an activating group) is 1. The van der Waals surface area contributed by atoms with Gasteiger partial charge in [-0.3, -0.25) is 4.90 Å². The first-order valence-electron chi connectivity index (χ1n) is 8.67. The van der Waals surface area contributed by atoms with Crippen molar-refractivity contribution in [2.75, 3.05) is 56.7 Å². The van der Waals surface area contributed by atoms with Gasteiger partial charge in [0.05, 0.1) is 13.2 Å². The number of urea groups is 1. The maximum absolute atomic E-state index is 12.2. The first-order chi connectivity index (χ1) is 11.5. The number of nitrogens with zero attached hydrogens (tertiary/aromatic N) is 2. The van der Waals surface area contributed by atoms with Crippen molar-refractivity contribution in [2.45, 2.75) is 25.8 Å². The molecule has 6 heteroatoms. The highest BCUT2D eigenvalue weighted by molar-refractivity contribution is 5.90. The molecule has 1 aromatic carbocycles. The summed E-state index contributed by atoms with van der Waals surface area (Å²) in [5.74, 6) is 0. The van der Waals surface area contributed by atoms with E-state index in [1.165, 1.54) is 11.3 Å². The molecule has 1 fully saturated rings. The van der Waals surface area contributed by atoms with Crippen LogP contribution in [0.25, 0.3) is 0 Å². The topological polar surface area (TPSA) is 56.8 Å². The van der Waals surface area contributed by atoms with E-state index in [1.807, 2.05) is 6.07 Å². The fourth-order valence-corrected chi connectivity index (χ4v) is 3.37. The highest BCUT2D eigenvalue weighted by Gasteiger charge is 2.28. The summed E-state index contributed by atoms with van der Waals surface area (Å²) in [6, 6.07) is 5.98. The molecule has 132 valence electrons. The second-order valence-electron chi connectivity index (χ2n) is 7.23. The van der Waals surface area contributed by atoms with Gasteiger partial charge in [0.25, 0.3) is 0 Å². The third kappa shape index (κ3) is 3.82. The van der Waals surface area contributed by atoms with E-state index in [2.05, 4.69) is 53.5 Å². The SMILES string of the molecule is CN1CCc2ccc(NC(=O)NCC(C)(C)N3CCOCC3)cc21. The van der Waals surface area contributed by atoms with Gasteiger partial charge in [-0.05, 0) is 38.0 Å². The number of amides is 2. The van der Waals surface area contributed by atoms with Crippen LogP contribution in [0.1, 0.15) is 19.4 Å². The van der Waals surface area contributed by atoms with E-state index in [0.29, 0.717) is 6.54 Å². The largest absolute Gasteiger partial charge is 0.379 e. The molecule has 0 atom stereocenters. The molecule has 24 heavy (non-hydrogen) atoms. The van der Waals surface area contributed by atoms with Gasteiger partial charge in [0.1, 0.15) is 0 Å². The second kappa shape index (κ2) is 6.99. The van der Waals surface area contributed by atoms with E-state index in [-0.39, 0.29) is 11.6 Å². The number of benzene rings is 1. The van der Waals surface area contributed by atoms with Crippen molar-refractivity contribution >= 4 is 17.4 Å². The van der Waals surface area contributed by atoms with E-state index in [0.717, 1.165) is 45.0 Å². The van der Waals surface area contributed by atoms with Gasteiger partial charge in [0.15, 0.2) is 0 Å². The molecular weight excluding hydrogens is 304 g/mol. The average Bonchev–Trinajstić information content (AvgIpc) is 2.95. The summed E-state index contributed by atoms with van der Waals surface area (Å²) < 4.78 is 5.40. The number of nitrogens with one attached hydrogen (secondary N) is 2. The van der Waals surface area contributed by atoms with Crippen LogP contribution in [0.4, 0.5) is 16.2 Å². The predicted molar refractivity (Wildman–Crippen MR) is 96.9 cm³/mol. The molecule has 2 aliphatic rings. The van der Waals surface area contributed by atoms with Gasteiger partial charge in [-0.2, -0.15) is 0 Å². The van der Waals surface area contributed by atoms with Crippen molar-refractivity contribution in [3.63, 3.8) is 0 Å². The molecule has 2 aliphatic heterocycles. The van der Waals surface area contributed by atoms with Gasteiger partial charge in [-0.25, -0.2) is 4.79 Å². The molecule has 0 aliphatic carbocycles. The molecule has 1 aromatic rings. The lowest BCUT2D eigenvalue weighted by molar-refractivity contribution is -0.00863. The number of hydrogen-bond acceptors (Lipinski definition) is 4. The Hall–Kier alpha value is -1.79. The second-order valence-corrected chi connectivity index (χ2v) is 7.23. The molecule has 2 heterocycles. The zero-order valence-corrected chi connectivity index (χ0v) is 14.9. The molecule has 0 aromatic heterocycles. The standard InChI is InChI=1S/C18H28N4O2/c1-18(2,22-8-10-24-11-9-22)13-19-17(23)20-15-5-4-14-6-7-21(3)16(14)12-15/h4-5,12H,6-11,13H2,1-3H3,(H2,19,20,23). The van der Waals surface area contributed by atoms with Gasteiger partial charge in [0, 0.05) is 50.1 Å². The van der Waals surface area contributed by atoms with E-state index in [9.17, 15) is 4.79 Å². The lowest BCUT2D eigenvalue weighted by Gasteiger charge is -2.40. The number of hydrogen-bond donors (Lipinski definition) is 2. The first kappa shape index (κ1) is 17.0. The Morgan fingerprint density at radius 3 is 2.75 bits per heavy atom. The van der Waals surface area contributed by atoms with Crippen LogP contribution in [-0.2, 0) is 11.2 Å². The van der Waals surface area contributed by atoms with E-state index in [1.54, 1.807) is 0 Å². The van der Waals surface area contributed by atoms with Crippen LogP contribution in [-0.4, -0.2) is 62.9 Å². The van der Waals surface area contributed by atoms with Gasteiger partial charge in [-0.15, -0.1) is 0 Å². The molecule has 0 bridgehead atoms. The Labute approximate surface area is 144 Å². The number of carbonyl (C=O) groups excluding carboxylic acids is 1. The highest BCUT2D eigenvalue weighted by Crippen LogP contribution is 2.29.